The molecule has 0 radical (unpaired) electrons. The Kier molecular flexibility index (Phi) is 3.39. The van der Waals surface area contributed by atoms with Crippen molar-refractivity contribution in [2.75, 3.05) is 11.9 Å². The summed E-state index contributed by atoms with van der Waals surface area (Å²) in [4.78, 5) is 15.6. The number of aliphatic hydroxyl groups excluding tert-OH is 1. The molecule has 1 fully saturated rings. The fourth-order valence-corrected chi connectivity index (χ4v) is 3.48. The van der Waals surface area contributed by atoms with Crippen LogP contribution in [0.15, 0.2) is 24.3 Å². The van der Waals surface area contributed by atoms with Crippen LogP contribution in [0.5, 0.6) is 0 Å². The number of amides is 2. The van der Waals surface area contributed by atoms with Crippen LogP contribution in [0, 0.1) is 18.3 Å². The standard InChI is InChI=1S/C16H16ClN3O2/c1-10-12(6-5-11(9-18)13(10)17)20-14(21)16(7-3-4-8-16)19(2)15(20)22/h3,5-7,14,21H,4,8H2,1-2H3. The molecule has 0 aromatic heterocycles. The average molecular weight is 318 g/mol. The number of nitrogens with zero attached hydrogens (tertiary/aromatic N) is 3. The summed E-state index contributed by atoms with van der Waals surface area (Å²) in [5, 5.41) is 20.1. The second kappa shape index (κ2) is 5.01. The van der Waals surface area contributed by atoms with Gasteiger partial charge in [-0.25, -0.2) is 4.79 Å². The first-order chi connectivity index (χ1) is 10.4. The molecule has 22 heavy (non-hydrogen) atoms. The van der Waals surface area contributed by atoms with Crippen LogP contribution in [0.4, 0.5) is 10.5 Å². The molecule has 2 atom stereocenters. The molecular formula is C16H16ClN3O2. The maximum atomic E-state index is 12.6. The van der Waals surface area contributed by atoms with Crippen LogP contribution in [-0.2, 0) is 0 Å². The van der Waals surface area contributed by atoms with Crippen molar-refractivity contribution < 1.29 is 9.90 Å². The van der Waals surface area contributed by atoms with Gasteiger partial charge in [0.2, 0.25) is 0 Å². The lowest BCUT2D eigenvalue weighted by atomic mass is 9.96. The first-order valence-corrected chi connectivity index (χ1v) is 7.44. The molecular weight excluding hydrogens is 302 g/mol. The van der Waals surface area contributed by atoms with Crippen molar-refractivity contribution in [3.8, 4) is 6.07 Å². The van der Waals surface area contributed by atoms with Crippen molar-refractivity contribution in [1.29, 1.82) is 5.26 Å². The Balaban J connectivity index is 2.10. The highest BCUT2D eigenvalue weighted by Gasteiger charge is 2.55. The number of carbonyl (C=O) groups is 1. The van der Waals surface area contributed by atoms with Crippen LogP contribution in [-0.4, -0.2) is 34.9 Å². The zero-order valence-corrected chi connectivity index (χ0v) is 13.1. The predicted molar refractivity (Wildman–Crippen MR) is 83.7 cm³/mol. The third-order valence-electron chi connectivity index (χ3n) is 4.66. The van der Waals surface area contributed by atoms with Gasteiger partial charge >= 0.3 is 6.03 Å². The fraction of sp³-hybridized carbons (Fsp3) is 0.375. The molecule has 1 spiro atoms. The largest absolute Gasteiger partial charge is 0.370 e. The summed E-state index contributed by atoms with van der Waals surface area (Å²) in [5.74, 6) is 0. The number of likely N-dealkylation sites (N-methyl/N-ethyl adjacent to an activating group) is 1. The molecule has 1 saturated heterocycles. The van der Waals surface area contributed by atoms with E-state index >= 15 is 0 Å². The molecule has 114 valence electrons. The third kappa shape index (κ3) is 1.78. The molecule has 1 heterocycles. The number of nitriles is 1. The zero-order chi connectivity index (χ0) is 16.1. The van der Waals surface area contributed by atoms with Gasteiger partial charge in [0.1, 0.15) is 11.6 Å². The van der Waals surface area contributed by atoms with Crippen LogP contribution in [0.25, 0.3) is 0 Å². The lowest BCUT2D eigenvalue weighted by molar-refractivity contribution is 0.0794. The first kappa shape index (κ1) is 14.9. The van der Waals surface area contributed by atoms with Gasteiger partial charge in [0.25, 0.3) is 0 Å². The minimum absolute atomic E-state index is 0.275. The number of carbonyl (C=O) groups excluding carboxylic acids is 1. The lowest BCUT2D eigenvalue weighted by Gasteiger charge is -2.32. The molecule has 0 saturated carbocycles. The Morgan fingerprint density at radius 1 is 1.50 bits per heavy atom. The van der Waals surface area contributed by atoms with Gasteiger partial charge in [-0.05, 0) is 37.5 Å². The highest BCUT2D eigenvalue weighted by Crippen LogP contribution is 2.43. The SMILES string of the molecule is Cc1c(N2C(=O)N(C)C3(C=CCC3)C2O)ccc(C#N)c1Cl. The zero-order valence-electron chi connectivity index (χ0n) is 12.4. The first-order valence-electron chi connectivity index (χ1n) is 7.06. The third-order valence-corrected chi connectivity index (χ3v) is 5.15. The Bertz CT molecular complexity index is 725. The van der Waals surface area contributed by atoms with E-state index in [9.17, 15) is 9.90 Å². The molecule has 2 aliphatic rings. The maximum Gasteiger partial charge on any atom is 0.327 e. The summed E-state index contributed by atoms with van der Waals surface area (Å²) in [6, 6.07) is 4.97. The van der Waals surface area contributed by atoms with Gasteiger partial charge in [-0.3, -0.25) is 4.90 Å². The molecule has 1 aliphatic heterocycles. The fourth-order valence-electron chi connectivity index (χ4n) is 3.28. The van der Waals surface area contributed by atoms with Crippen molar-refractivity contribution in [2.24, 2.45) is 0 Å². The van der Waals surface area contributed by atoms with Crippen molar-refractivity contribution in [3.05, 3.63) is 40.4 Å². The van der Waals surface area contributed by atoms with E-state index in [1.165, 1.54) is 4.90 Å². The average Bonchev–Trinajstić information content (AvgIpc) is 3.06. The van der Waals surface area contributed by atoms with Gasteiger partial charge in [0.05, 0.1) is 16.3 Å². The number of aliphatic hydroxyl groups is 1. The van der Waals surface area contributed by atoms with E-state index in [1.54, 1.807) is 31.0 Å². The lowest BCUT2D eigenvalue weighted by Crippen LogP contribution is -2.47. The van der Waals surface area contributed by atoms with Crippen molar-refractivity contribution >= 4 is 23.3 Å². The van der Waals surface area contributed by atoms with Crippen LogP contribution in [0.3, 0.4) is 0 Å². The molecule has 3 rings (SSSR count). The second-order valence-corrected chi connectivity index (χ2v) is 6.08. The van der Waals surface area contributed by atoms with Crippen LogP contribution < -0.4 is 4.90 Å². The number of benzene rings is 1. The van der Waals surface area contributed by atoms with Crippen LogP contribution in [0.2, 0.25) is 5.02 Å². The van der Waals surface area contributed by atoms with E-state index in [0.717, 1.165) is 6.42 Å². The van der Waals surface area contributed by atoms with Crippen molar-refractivity contribution in [2.45, 2.75) is 31.5 Å². The number of allylic oxidation sites excluding steroid dienone is 1. The van der Waals surface area contributed by atoms with E-state index in [0.29, 0.717) is 28.3 Å². The predicted octanol–water partition coefficient (Wildman–Crippen LogP) is 2.80. The normalized spacial score (nSPS) is 27.0. The van der Waals surface area contributed by atoms with E-state index in [-0.39, 0.29) is 6.03 Å². The quantitative estimate of drug-likeness (QED) is 0.810. The number of rotatable bonds is 1. The van der Waals surface area contributed by atoms with Gasteiger partial charge in [0, 0.05) is 7.05 Å². The summed E-state index contributed by atoms with van der Waals surface area (Å²) in [5.41, 5.74) is 0.808. The van der Waals surface area contributed by atoms with E-state index in [4.69, 9.17) is 16.9 Å². The summed E-state index contributed by atoms with van der Waals surface area (Å²) in [6.07, 6.45) is 4.42. The molecule has 2 unspecified atom stereocenters. The van der Waals surface area contributed by atoms with Crippen molar-refractivity contribution in [3.63, 3.8) is 0 Å². The molecule has 5 nitrogen and oxygen atoms in total. The molecule has 6 heteroatoms. The monoisotopic (exact) mass is 317 g/mol. The van der Waals surface area contributed by atoms with E-state index < -0.39 is 11.8 Å². The summed E-state index contributed by atoms with van der Waals surface area (Å²) in [7, 11) is 1.70. The Labute approximate surface area is 134 Å². The molecule has 1 aromatic carbocycles. The molecule has 1 aromatic rings. The number of hydrogen-bond donors (Lipinski definition) is 1. The molecule has 1 aliphatic carbocycles. The smallest absolute Gasteiger partial charge is 0.327 e. The number of anilines is 1. The number of halogens is 1. The second-order valence-electron chi connectivity index (χ2n) is 5.70. The summed E-state index contributed by atoms with van der Waals surface area (Å²) in [6.45, 7) is 1.74. The summed E-state index contributed by atoms with van der Waals surface area (Å²) < 4.78 is 0. The molecule has 0 bridgehead atoms. The number of urea groups is 1. The van der Waals surface area contributed by atoms with Gasteiger partial charge in [-0.2, -0.15) is 5.26 Å². The highest BCUT2D eigenvalue weighted by atomic mass is 35.5. The maximum absolute atomic E-state index is 12.6. The van der Waals surface area contributed by atoms with E-state index in [1.807, 2.05) is 18.2 Å². The Morgan fingerprint density at radius 3 is 2.82 bits per heavy atom. The highest BCUT2D eigenvalue weighted by molar-refractivity contribution is 6.33. The van der Waals surface area contributed by atoms with Gasteiger partial charge in [-0.15, -0.1) is 0 Å². The Morgan fingerprint density at radius 2 is 2.23 bits per heavy atom. The van der Waals surface area contributed by atoms with Gasteiger partial charge in [-0.1, -0.05) is 23.8 Å². The Hall–Kier alpha value is -2.03. The molecule has 2 amide bonds. The molecule has 1 N–H and O–H groups in total. The van der Waals surface area contributed by atoms with Crippen LogP contribution in [0.1, 0.15) is 24.0 Å². The number of hydrogen-bond acceptors (Lipinski definition) is 3. The minimum Gasteiger partial charge on any atom is -0.370 e. The minimum atomic E-state index is -0.980. The van der Waals surface area contributed by atoms with Gasteiger partial charge < -0.3 is 10.0 Å². The summed E-state index contributed by atoms with van der Waals surface area (Å²) >= 11 is 6.19. The van der Waals surface area contributed by atoms with Crippen LogP contribution >= 0.6 is 11.6 Å². The van der Waals surface area contributed by atoms with E-state index in [2.05, 4.69) is 0 Å². The van der Waals surface area contributed by atoms with Gasteiger partial charge in [0.15, 0.2) is 6.23 Å². The topological polar surface area (TPSA) is 67.6 Å². The van der Waals surface area contributed by atoms with Crippen molar-refractivity contribution in [1.82, 2.24) is 4.90 Å².